The van der Waals surface area contributed by atoms with Crippen molar-refractivity contribution in [3.05, 3.63) is 61.7 Å². The van der Waals surface area contributed by atoms with Gasteiger partial charge >= 0.3 is 5.97 Å². The number of thiophene rings is 1. The molecule has 164 valence electrons. The van der Waals surface area contributed by atoms with E-state index in [9.17, 15) is 4.79 Å². The highest BCUT2D eigenvalue weighted by Crippen LogP contribution is 2.34. The van der Waals surface area contributed by atoms with Gasteiger partial charge in [-0.05, 0) is 78.6 Å². The molecule has 6 nitrogen and oxygen atoms in total. The summed E-state index contributed by atoms with van der Waals surface area (Å²) in [6.45, 7) is 8.70. The largest absolute Gasteiger partial charge is 0.465 e. The van der Waals surface area contributed by atoms with Crippen LogP contribution in [0, 0.1) is 20.8 Å². The van der Waals surface area contributed by atoms with Crippen LogP contribution >= 0.6 is 39.5 Å². The number of hydrogen-bond acceptors (Lipinski definition) is 5. The Bertz CT molecular complexity index is 1140. The summed E-state index contributed by atoms with van der Waals surface area (Å²) in [5.74, 6) is -0.357. The number of nitrogens with zero attached hydrogens (tertiary/aromatic N) is 2. The number of aryl methyl sites for hydroxylation is 2. The van der Waals surface area contributed by atoms with Crippen molar-refractivity contribution in [3.63, 3.8) is 0 Å². The van der Waals surface area contributed by atoms with Crippen molar-refractivity contribution in [2.24, 2.45) is 0 Å². The van der Waals surface area contributed by atoms with E-state index in [1.807, 2.05) is 50.6 Å². The van der Waals surface area contributed by atoms with Gasteiger partial charge in [-0.2, -0.15) is 5.10 Å². The minimum atomic E-state index is -0.357. The van der Waals surface area contributed by atoms with Gasteiger partial charge in [-0.1, -0.05) is 19.1 Å². The average molecular weight is 522 g/mol. The summed E-state index contributed by atoms with van der Waals surface area (Å²) in [4.78, 5) is 13.4. The minimum Gasteiger partial charge on any atom is -0.465 e. The van der Waals surface area contributed by atoms with Crippen LogP contribution in [0.3, 0.4) is 0 Å². The molecule has 0 aliphatic rings. The fraction of sp³-hybridized carbons (Fsp3) is 0.318. The molecule has 3 rings (SSSR count). The lowest BCUT2D eigenvalue weighted by molar-refractivity contribution is 0.0601. The van der Waals surface area contributed by atoms with Crippen molar-refractivity contribution >= 4 is 61.3 Å². The Morgan fingerprint density at radius 2 is 2.03 bits per heavy atom. The smallest absolute Gasteiger partial charge is 0.341 e. The summed E-state index contributed by atoms with van der Waals surface area (Å²) >= 11 is 10.6. The first-order valence-corrected chi connectivity index (χ1v) is 11.8. The van der Waals surface area contributed by atoms with Gasteiger partial charge in [0.1, 0.15) is 5.00 Å². The number of ether oxygens (including phenoxy) is 1. The van der Waals surface area contributed by atoms with Crippen molar-refractivity contribution in [1.82, 2.24) is 9.78 Å². The predicted octanol–water partition coefficient (Wildman–Crippen LogP) is 5.84. The number of esters is 1. The van der Waals surface area contributed by atoms with Crippen molar-refractivity contribution < 1.29 is 9.53 Å². The number of halogens is 1. The Morgan fingerprint density at radius 3 is 2.65 bits per heavy atom. The van der Waals surface area contributed by atoms with Gasteiger partial charge in [-0.3, -0.25) is 4.68 Å². The van der Waals surface area contributed by atoms with Gasteiger partial charge in [-0.25, -0.2) is 4.79 Å². The normalized spacial score (nSPS) is 10.8. The first-order chi connectivity index (χ1) is 14.7. The molecule has 31 heavy (non-hydrogen) atoms. The number of carbonyl (C=O) groups excluding carboxylic acids is 1. The molecule has 3 aromatic rings. The quantitative estimate of drug-likeness (QED) is 0.314. The van der Waals surface area contributed by atoms with E-state index in [0.717, 1.165) is 44.0 Å². The number of carbonyl (C=O) groups is 1. The molecule has 9 heteroatoms. The lowest BCUT2D eigenvalue weighted by Crippen LogP contribution is -2.20. The number of hydrogen-bond donors (Lipinski definition) is 2. The summed E-state index contributed by atoms with van der Waals surface area (Å²) in [5.41, 5.74) is 5.56. The van der Waals surface area contributed by atoms with Crippen molar-refractivity contribution in [1.29, 1.82) is 0 Å². The molecule has 2 heterocycles. The third-order valence-electron chi connectivity index (χ3n) is 4.99. The molecule has 0 bridgehead atoms. The van der Waals surface area contributed by atoms with Crippen LogP contribution in [0.5, 0.6) is 0 Å². The lowest BCUT2D eigenvalue weighted by Gasteiger charge is -2.12. The topological polar surface area (TPSA) is 68.2 Å². The molecule has 0 saturated heterocycles. The number of methoxy groups -OCH3 is 1. The molecule has 0 aliphatic carbocycles. The van der Waals surface area contributed by atoms with Crippen LogP contribution in [0.1, 0.15) is 44.7 Å². The number of nitrogens with one attached hydrogen (secondary N) is 2. The molecule has 0 amide bonds. The first-order valence-electron chi connectivity index (χ1n) is 9.82. The van der Waals surface area contributed by atoms with E-state index in [0.29, 0.717) is 22.2 Å². The van der Waals surface area contributed by atoms with E-state index in [4.69, 9.17) is 17.0 Å². The van der Waals surface area contributed by atoms with E-state index < -0.39 is 0 Å². The van der Waals surface area contributed by atoms with E-state index in [2.05, 4.69) is 37.7 Å². The zero-order valence-corrected chi connectivity index (χ0v) is 21.3. The molecule has 0 radical (unpaired) electrons. The maximum Gasteiger partial charge on any atom is 0.341 e. The highest BCUT2D eigenvalue weighted by molar-refractivity contribution is 9.10. The third-order valence-corrected chi connectivity index (χ3v) is 7.40. The Balaban J connectivity index is 1.75. The molecule has 0 saturated carbocycles. The Hall–Kier alpha value is -2.23. The molecule has 2 aromatic heterocycles. The molecule has 0 unspecified atom stereocenters. The first kappa shape index (κ1) is 23.4. The van der Waals surface area contributed by atoms with Gasteiger partial charge in [0.2, 0.25) is 0 Å². The van der Waals surface area contributed by atoms with Gasteiger partial charge in [-0.15, -0.1) is 11.3 Å². The summed E-state index contributed by atoms with van der Waals surface area (Å²) < 4.78 is 7.98. The number of benzene rings is 1. The van der Waals surface area contributed by atoms with Gasteiger partial charge in [0.25, 0.3) is 0 Å². The average Bonchev–Trinajstić information content (AvgIpc) is 3.17. The highest BCUT2D eigenvalue weighted by Gasteiger charge is 2.22. The summed E-state index contributed by atoms with van der Waals surface area (Å²) in [6.07, 6.45) is 0.749. The van der Waals surface area contributed by atoms with Crippen molar-refractivity contribution in [2.45, 2.75) is 40.7 Å². The van der Waals surface area contributed by atoms with E-state index in [1.54, 1.807) is 0 Å². The summed E-state index contributed by atoms with van der Waals surface area (Å²) in [6, 6.07) is 8.02. The number of anilines is 2. The van der Waals surface area contributed by atoms with Gasteiger partial charge < -0.3 is 15.4 Å². The second kappa shape index (κ2) is 9.93. The van der Waals surface area contributed by atoms with Crippen LogP contribution < -0.4 is 10.6 Å². The molecule has 0 fully saturated rings. The highest BCUT2D eigenvalue weighted by atomic mass is 79.9. The van der Waals surface area contributed by atoms with Crippen LogP contribution in [-0.2, 0) is 17.7 Å². The second-order valence-corrected chi connectivity index (χ2v) is 9.53. The Kier molecular flexibility index (Phi) is 7.51. The number of thiocarbonyl (C=S) groups is 1. The molecule has 0 spiro atoms. The molecular weight excluding hydrogens is 496 g/mol. The standard InChI is InChI=1S/C22H25BrN4O2S2/c1-6-17-14(4)31-20(18(17)21(28)29-5)25-22(30)24-16-9-7-8-15(10-16)11-27-13(3)19(23)12(2)26-27/h7-10H,6,11H2,1-5H3,(H2,24,25,30). The Labute approximate surface area is 200 Å². The SMILES string of the molecule is CCc1c(C)sc(NC(=S)Nc2cccc(Cn3nc(C)c(Br)c3C)c2)c1C(=O)OC. The second-order valence-electron chi connectivity index (χ2n) is 7.11. The fourth-order valence-electron chi connectivity index (χ4n) is 3.43. The van der Waals surface area contributed by atoms with Gasteiger partial charge in [0, 0.05) is 10.6 Å². The molecule has 0 atom stereocenters. The maximum absolute atomic E-state index is 12.3. The van der Waals surface area contributed by atoms with Crippen LogP contribution in [-0.4, -0.2) is 28.0 Å². The maximum atomic E-state index is 12.3. The molecular formula is C22H25BrN4O2S2. The van der Waals surface area contributed by atoms with Crippen molar-refractivity contribution in [2.75, 3.05) is 17.7 Å². The zero-order chi connectivity index (χ0) is 22.7. The lowest BCUT2D eigenvalue weighted by atomic mass is 10.1. The van der Waals surface area contributed by atoms with E-state index in [-0.39, 0.29) is 5.97 Å². The Morgan fingerprint density at radius 1 is 1.29 bits per heavy atom. The predicted molar refractivity (Wildman–Crippen MR) is 135 cm³/mol. The van der Waals surface area contributed by atoms with E-state index >= 15 is 0 Å². The number of aromatic nitrogens is 2. The van der Waals surface area contributed by atoms with Crippen LogP contribution in [0.2, 0.25) is 0 Å². The van der Waals surface area contributed by atoms with E-state index in [1.165, 1.54) is 18.4 Å². The minimum absolute atomic E-state index is 0.357. The fourth-order valence-corrected chi connectivity index (χ4v) is 5.13. The van der Waals surface area contributed by atoms with Crippen LogP contribution in [0.25, 0.3) is 0 Å². The number of rotatable bonds is 6. The summed E-state index contributed by atoms with van der Waals surface area (Å²) in [5, 5.41) is 12.1. The molecule has 0 aliphatic heterocycles. The third kappa shape index (κ3) is 5.16. The van der Waals surface area contributed by atoms with Crippen LogP contribution in [0.4, 0.5) is 10.7 Å². The molecule has 1 aromatic carbocycles. The molecule has 2 N–H and O–H groups in total. The van der Waals surface area contributed by atoms with Crippen LogP contribution in [0.15, 0.2) is 28.7 Å². The zero-order valence-electron chi connectivity index (χ0n) is 18.1. The van der Waals surface area contributed by atoms with Gasteiger partial charge in [0.15, 0.2) is 5.11 Å². The summed E-state index contributed by atoms with van der Waals surface area (Å²) in [7, 11) is 1.39. The van der Waals surface area contributed by atoms with Gasteiger partial charge in [0.05, 0.1) is 35.1 Å². The van der Waals surface area contributed by atoms with Crippen molar-refractivity contribution in [3.8, 4) is 0 Å². The monoisotopic (exact) mass is 520 g/mol.